The van der Waals surface area contributed by atoms with Crippen LogP contribution in [0.1, 0.15) is 15.9 Å². The van der Waals surface area contributed by atoms with Crippen LogP contribution in [-0.2, 0) is 14.3 Å². The monoisotopic (exact) mass is 648 g/mol. The second kappa shape index (κ2) is 15.3. The highest BCUT2D eigenvalue weighted by Gasteiger charge is 2.38. The number of rotatable bonds is 6. The van der Waals surface area contributed by atoms with Gasteiger partial charge in [0.2, 0.25) is 0 Å². The lowest BCUT2D eigenvalue weighted by atomic mass is 10.1. The lowest BCUT2D eigenvalue weighted by Crippen LogP contribution is -2.28. The van der Waals surface area contributed by atoms with Gasteiger partial charge >= 0.3 is 30.3 Å². The average molecular weight is 648 g/mol. The molecule has 4 rings (SSSR count). The minimum atomic E-state index is -5.08. The molecule has 242 valence electrons. The first-order valence-electron chi connectivity index (χ1n) is 12.2. The van der Waals surface area contributed by atoms with E-state index < -0.39 is 36.1 Å². The summed E-state index contributed by atoms with van der Waals surface area (Å²) < 4.78 is 88.6. The molecule has 2 aromatic carbocycles. The molecule has 0 saturated carbocycles. The fraction of sp³-hybridized carbons (Fsp3) is 0.222. The summed E-state index contributed by atoms with van der Waals surface area (Å²) in [6.07, 6.45) is -4.64. The average Bonchev–Trinajstić information content (AvgIpc) is 3.50. The number of anilines is 1. The minimum Gasteiger partial charge on any atom is -0.490 e. The van der Waals surface area contributed by atoms with Crippen LogP contribution >= 0.6 is 0 Å². The molecule has 5 N–H and O–H groups in total. The van der Waals surface area contributed by atoms with Gasteiger partial charge in [-0.1, -0.05) is 24.3 Å². The van der Waals surface area contributed by atoms with Gasteiger partial charge in [-0.25, -0.2) is 23.8 Å². The summed E-state index contributed by atoms with van der Waals surface area (Å²) in [4.78, 5) is 35.8. The van der Waals surface area contributed by atoms with Crippen LogP contribution in [0.3, 0.4) is 0 Å². The first-order chi connectivity index (χ1) is 20.9. The van der Waals surface area contributed by atoms with Gasteiger partial charge in [-0.2, -0.15) is 26.3 Å². The molecule has 0 bridgehead atoms. The van der Waals surface area contributed by atoms with Gasteiger partial charge in [-0.3, -0.25) is 5.41 Å². The molecule has 0 fully saturated rings. The number of halogens is 7. The number of nitrogens with two attached hydrogens (primary N) is 1. The van der Waals surface area contributed by atoms with E-state index in [1.165, 1.54) is 12.1 Å². The molecule has 1 aliphatic rings. The molecular formula is C27H23F7N4O7. The van der Waals surface area contributed by atoms with Crippen molar-refractivity contribution in [2.45, 2.75) is 12.4 Å². The first-order valence-corrected chi connectivity index (χ1v) is 12.2. The maximum absolute atomic E-state index is 14.4. The number of benzene rings is 2. The van der Waals surface area contributed by atoms with Crippen molar-refractivity contribution >= 4 is 40.3 Å². The molecule has 0 saturated heterocycles. The van der Waals surface area contributed by atoms with E-state index in [9.17, 15) is 35.5 Å². The molecule has 1 aromatic heterocycles. The number of aliphatic carboxylic acids is 2. The molecule has 0 aliphatic carbocycles. The van der Waals surface area contributed by atoms with Gasteiger partial charge in [0.15, 0.2) is 0 Å². The Labute approximate surface area is 248 Å². The summed E-state index contributed by atoms with van der Waals surface area (Å²) in [5.74, 6) is -5.84. The molecule has 0 unspecified atom stereocenters. The number of carboxylic acids is 2. The van der Waals surface area contributed by atoms with E-state index in [4.69, 9.17) is 40.4 Å². The molecule has 0 spiro atoms. The Kier molecular flexibility index (Phi) is 12.2. The van der Waals surface area contributed by atoms with Crippen LogP contribution in [0, 0.1) is 11.2 Å². The lowest BCUT2D eigenvalue weighted by molar-refractivity contribution is -0.193. The van der Waals surface area contributed by atoms with Gasteiger partial charge in [0.25, 0.3) is 0 Å². The number of alkyl halides is 6. The van der Waals surface area contributed by atoms with E-state index in [0.29, 0.717) is 30.2 Å². The van der Waals surface area contributed by atoms with Gasteiger partial charge < -0.3 is 30.3 Å². The van der Waals surface area contributed by atoms with Crippen LogP contribution in [0.25, 0.3) is 10.8 Å². The van der Waals surface area contributed by atoms with Crippen molar-refractivity contribution in [2.24, 2.45) is 0 Å². The number of esters is 1. The summed E-state index contributed by atoms with van der Waals surface area (Å²) in [5.41, 5.74) is 6.10. The number of amidine groups is 1. The van der Waals surface area contributed by atoms with Gasteiger partial charge in [0.1, 0.15) is 36.4 Å². The molecule has 1 aliphatic heterocycles. The lowest BCUT2D eigenvalue weighted by Gasteiger charge is -2.18. The van der Waals surface area contributed by atoms with E-state index >= 15 is 0 Å². The van der Waals surface area contributed by atoms with Crippen LogP contribution in [0.4, 0.5) is 36.6 Å². The molecule has 11 nitrogen and oxygen atoms in total. The molecule has 45 heavy (non-hydrogen) atoms. The van der Waals surface area contributed by atoms with Crippen molar-refractivity contribution in [1.29, 1.82) is 5.41 Å². The molecule has 0 amide bonds. The minimum absolute atomic E-state index is 0.0458. The van der Waals surface area contributed by atoms with Crippen molar-refractivity contribution in [3.8, 4) is 5.75 Å². The fourth-order valence-electron chi connectivity index (χ4n) is 3.30. The van der Waals surface area contributed by atoms with Gasteiger partial charge in [-0.15, -0.1) is 0 Å². The fourth-order valence-corrected chi connectivity index (χ4v) is 3.30. The van der Waals surface area contributed by atoms with Crippen LogP contribution in [0.5, 0.6) is 5.75 Å². The quantitative estimate of drug-likeness (QED) is 0.0735. The van der Waals surface area contributed by atoms with Crippen LogP contribution in [0.15, 0.2) is 60.8 Å². The van der Waals surface area contributed by atoms with Gasteiger partial charge in [0.05, 0.1) is 5.56 Å². The summed E-state index contributed by atoms with van der Waals surface area (Å²) in [7, 11) is 0. The van der Waals surface area contributed by atoms with Crippen molar-refractivity contribution in [3.63, 3.8) is 0 Å². The number of carboxylic acid groups (broad SMARTS) is 2. The highest BCUT2D eigenvalue weighted by molar-refractivity contribution is 5.98. The van der Waals surface area contributed by atoms with Crippen molar-refractivity contribution in [1.82, 2.24) is 9.88 Å². The Bertz CT molecular complexity index is 1550. The van der Waals surface area contributed by atoms with E-state index in [2.05, 4.69) is 4.98 Å². The van der Waals surface area contributed by atoms with Gasteiger partial charge in [0, 0.05) is 30.2 Å². The third kappa shape index (κ3) is 11.0. The number of hydrogen-bond acceptors (Lipinski definition) is 8. The van der Waals surface area contributed by atoms with E-state index in [1.54, 1.807) is 29.3 Å². The van der Waals surface area contributed by atoms with E-state index in [0.717, 1.165) is 10.8 Å². The number of pyridine rings is 1. The van der Waals surface area contributed by atoms with Crippen molar-refractivity contribution in [2.75, 3.05) is 32.0 Å². The standard InChI is InChI=1S/C23H21FN4O3.2C2HF3O2/c24-20-13-16(22(26)28-9-1-2-10-28)4-6-18(20)23(29)31-12-11-30-17-5-3-15-7-8-27-21(25)19(15)14-17;2*3-2(4,5)1(6)7/h1-8,13-14,26H,9-12H2,(H2,25,27);2*(H,6,7). The second-order valence-electron chi connectivity index (χ2n) is 8.59. The number of nitrogen functional groups attached to an aromatic ring is 1. The van der Waals surface area contributed by atoms with Crippen molar-refractivity contribution < 1.29 is 64.8 Å². The SMILES string of the molecule is N=C(c1ccc(C(=O)OCCOc2ccc3ccnc(N)c3c2)c(F)c1)N1CC=CC1.O=C(O)C(F)(F)F.O=C(O)C(F)(F)F. The molecular weight excluding hydrogens is 625 g/mol. The molecule has 2 heterocycles. The molecule has 0 atom stereocenters. The summed E-state index contributed by atoms with van der Waals surface area (Å²) in [6.45, 7) is 1.29. The number of nitrogens with one attached hydrogen (secondary N) is 1. The largest absolute Gasteiger partial charge is 0.490 e. The smallest absolute Gasteiger partial charge is 0.490 e. The number of ether oxygens (including phenoxy) is 2. The predicted molar refractivity (Wildman–Crippen MR) is 143 cm³/mol. The summed E-state index contributed by atoms with van der Waals surface area (Å²) in [5, 5.41) is 24.1. The summed E-state index contributed by atoms with van der Waals surface area (Å²) in [6, 6.07) is 11.3. The van der Waals surface area contributed by atoms with E-state index in [-0.39, 0.29) is 24.6 Å². The Morgan fingerprint density at radius 3 is 2.02 bits per heavy atom. The zero-order chi connectivity index (χ0) is 33.9. The molecule has 18 heteroatoms. The van der Waals surface area contributed by atoms with E-state index in [1.807, 2.05) is 24.3 Å². The Balaban J connectivity index is 0.000000421. The Morgan fingerprint density at radius 1 is 0.911 bits per heavy atom. The number of fused-ring (bicyclic) bond motifs is 1. The third-order valence-electron chi connectivity index (χ3n) is 5.44. The first kappa shape index (κ1) is 35.8. The summed E-state index contributed by atoms with van der Waals surface area (Å²) >= 11 is 0. The maximum Gasteiger partial charge on any atom is 0.490 e. The van der Waals surface area contributed by atoms with Crippen LogP contribution < -0.4 is 10.5 Å². The number of aromatic nitrogens is 1. The zero-order valence-corrected chi connectivity index (χ0v) is 22.7. The number of nitrogens with zero attached hydrogens (tertiary/aromatic N) is 2. The highest BCUT2D eigenvalue weighted by Crippen LogP contribution is 2.24. The molecule has 0 radical (unpaired) electrons. The second-order valence-corrected chi connectivity index (χ2v) is 8.59. The maximum atomic E-state index is 14.4. The zero-order valence-electron chi connectivity index (χ0n) is 22.7. The van der Waals surface area contributed by atoms with Gasteiger partial charge in [-0.05, 0) is 35.7 Å². The number of carbonyl (C=O) groups is 3. The Morgan fingerprint density at radius 2 is 1.49 bits per heavy atom. The van der Waals surface area contributed by atoms with Crippen LogP contribution in [0.2, 0.25) is 0 Å². The number of carbonyl (C=O) groups excluding carboxylic acids is 1. The Hall–Kier alpha value is -5.42. The molecule has 3 aromatic rings. The third-order valence-corrected chi connectivity index (χ3v) is 5.44. The normalized spacial score (nSPS) is 12.4. The van der Waals surface area contributed by atoms with Crippen molar-refractivity contribution in [3.05, 3.63) is 77.8 Å². The highest BCUT2D eigenvalue weighted by atomic mass is 19.4. The predicted octanol–water partition coefficient (Wildman–Crippen LogP) is 4.66. The number of hydrogen-bond donors (Lipinski definition) is 4. The topological polar surface area (TPSA) is 176 Å². The van der Waals surface area contributed by atoms with Crippen LogP contribution in [-0.4, -0.2) is 82.5 Å².